The molecule has 2 aliphatic rings. The smallest absolute Gasteiger partial charge is 0.137 e. The maximum absolute atomic E-state index is 13.8. The van der Waals surface area contributed by atoms with Crippen molar-refractivity contribution >= 4 is 23.5 Å². The van der Waals surface area contributed by atoms with E-state index in [1.165, 1.54) is 18.6 Å². The second-order valence-corrected chi connectivity index (χ2v) is 8.42. The Hall–Kier alpha value is -0.190. The van der Waals surface area contributed by atoms with Gasteiger partial charge in [0, 0.05) is 22.2 Å². The highest BCUT2D eigenvalue weighted by Gasteiger charge is 2.31. The first-order valence-electron chi connectivity index (χ1n) is 6.96. The van der Waals surface area contributed by atoms with Gasteiger partial charge in [0.2, 0.25) is 0 Å². The van der Waals surface area contributed by atoms with Crippen LogP contribution in [0, 0.1) is 5.82 Å². The highest BCUT2D eigenvalue weighted by molar-refractivity contribution is 8.00. The summed E-state index contributed by atoms with van der Waals surface area (Å²) in [6.45, 7) is 3.38. The molecule has 3 rings (SSSR count). The van der Waals surface area contributed by atoms with Crippen molar-refractivity contribution in [2.24, 2.45) is 0 Å². The Morgan fingerprint density at radius 2 is 2.32 bits per heavy atom. The molecule has 0 radical (unpaired) electrons. The number of hydrogen-bond acceptors (Lipinski definition) is 3. The molecule has 0 aromatic heterocycles. The fraction of sp³-hybridized carbons (Fsp3) is 0.600. The Bertz CT molecular complexity index is 457. The summed E-state index contributed by atoms with van der Waals surface area (Å²) >= 11 is 3.73. The molecule has 2 aliphatic heterocycles. The first-order chi connectivity index (χ1) is 9.18. The van der Waals surface area contributed by atoms with Crippen LogP contribution in [0.3, 0.4) is 0 Å². The third-order valence-corrected chi connectivity index (χ3v) is 6.75. The zero-order valence-corrected chi connectivity index (χ0v) is 12.9. The van der Waals surface area contributed by atoms with E-state index in [1.807, 2.05) is 6.07 Å². The van der Waals surface area contributed by atoms with Gasteiger partial charge in [-0.1, -0.05) is 12.1 Å². The predicted octanol–water partition coefficient (Wildman–Crippen LogP) is 4.24. The fourth-order valence-corrected chi connectivity index (χ4v) is 5.31. The van der Waals surface area contributed by atoms with E-state index in [9.17, 15) is 4.39 Å². The number of benzene rings is 1. The van der Waals surface area contributed by atoms with Crippen molar-refractivity contribution in [1.82, 2.24) is 5.32 Å². The van der Waals surface area contributed by atoms with Gasteiger partial charge in [0.05, 0.1) is 0 Å². The molecular weight excluding hydrogens is 277 g/mol. The largest absolute Gasteiger partial charge is 0.308 e. The minimum atomic E-state index is -0.0598. The van der Waals surface area contributed by atoms with Crippen molar-refractivity contribution in [2.45, 2.75) is 41.9 Å². The summed E-state index contributed by atoms with van der Waals surface area (Å²) in [5, 5.41) is 3.69. The summed E-state index contributed by atoms with van der Waals surface area (Å²) in [4.78, 5) is 0.857. The zero-order valence-electron chi connectivity index (χ0n) is 11.2. The first-order valence-corrected chi connectivity index (χ1v) is 8.94. The van der Waals surface area contributed by atoms with Crippen LogP contribution in [0.1, 0.15) is 37.8 Å². The van der Waals surface area contributed by atoms with Crippen LogP contribution in [0.25, 0.3) is 0 Å². The normalized spacial score (nSPS) is 30.3. The molecule has 0 amide bonds. The third-order valence-electron chi connectivity index (χ3n) is 4.05. The van der Waals surface area contributed by atoms with Gasteiger partial charge in [-0.3, -0.25) is 0 Å². The highest BCUT2D eigenvalue weighted by Crippen LogP contribution is 2.40. The van der Waals surface area contributed by atoms with Gasteiger partial charge in [-0.05, 0) is 49.3 Å². The summed E-state index contributed by atoms with van der Waals surface area (Å²) in [7, 11) is 0. The Morgan fingerprint density at radius 3 is 3.11 bits per heavy atom. The number of rotatable bonds is 3. The average Bonchev–Trinajstić information content (AvgIpc) is 2.84. The monoisotopic (exact) mass is 297 g/mol. The van der Waals surface area contributed by atoms with Gasteiger partial charge in [0.1, 0.15) is 5.82 Å². The summed E-state index contributed by atoms with van der Waals surface area (Å²) in [6, 6.07) is 5.81. The maximum atomic E-state index is 13.8. The molecule has 1 saturated heterocycles. The van der Waals surface area contributed by atoms with E-state index in [-0.39, 0.29) is 5.82 Å². The molecule has 2 heterocycles. The number of nitrogens with one attached hydrogen (secondary N) is 1. The van der Waals surface area contributed by atoms with Crippen molar-refractivity contribution < 1.29 is 4.39 Å². The number of hydrogen-bond donors (Lipinski definition) is 1. The lowest BCUT2D eigenvalue weighted by molar-refractivity contribution is 0.451. The average molecular weight is 297 g/mol. The van der Waals surface area contributed by atoms with Gasteiger partial charge >= 0.3 is 0 Å². The second-order valence-electron chi connectivity index (χ2n) is 5.63. The number of thioether (sulfide) groups is 2. The van der Waals surface area contributed by atoms with E-state index in [0.717, 1.165) is 29.2 Å². The van der Waals surface area contributed by atoms with Crippen molar-refractivity contribution in [2.75, 3.05) is 18.1 Å². The van der Waals surface area contributed by atoms with Gasteiger partial charge in [0.25, 0.3) is 0 Å². The SMILES string of the molecule is CC1(CNC2CCSc3c(F)cccc32)CCCS1. The zero-order chi connectivity index (χ0) is 13.3. The van der Waals surface area contributed by atoms with E-state index in [1.54, 1.807) is 17.8 Å². The Morgan fingerprint density at radius 1 is 1.42 bits per heavy atom. The van der Waals surface area contributed by atoms with E-state index in [4.69, 9.17) is 0 Å². The summed E-state index contributed by atoms with van der Waals surface area (Å²) in [5.74, 6) is 2.23. The topological polar surface area (TPSA) is 12.0 Å². The van der Waals surface area contributed by atoms with Gasteiger partial charge in [-0.2, -0.15) is 11.8 Å². The van der Waals surface area contributed by atoms with Crippen LogP contribution in [-0.4, -0.2) is 22.8 Å². The first kappa shape index (κ1) is 13.8. The number of halogens is 1. The molecule has 1 fully saturated rings. The van der Waals surface area contributed by atoms with E-state index in [2.05, 4.69) is 30.1 Å². The molecule has 0 bridgehead atoms. The van der Waals surface area contributed by atoms with Crippen LogP contribution < -0.4 is 5.32 Å². The standard InChI is InChI=1S/C15H20FNS2/c1-15(7-3-8-19-15)10-17-13-6-9-18-14-11(13)4-2-5-12(14)16/h2,4-5,13,17H,3,6-10H2,1H3. The van der Waals surface area contributed by atoms with Crippen molar-refractivity contribution in [1.29, 1.82) is 0 Å². The summed E-state index contributed by atoms with van der Waals surface area (Å²) in [5.41, 5.74) is 1.16. The van der Waals surface area contributed by atoms with Gasteiger partial charge in [0.15, 0.2) is 0 Å². The molecule has 1 aromatic carbocycles. The molecule has 2 atom stereocenters. The molecule has 0 saturated carbocycles. The third kappa shape index (κ3) is 2.96. The van der Waals surface area contributed by atoms with Gasteiger partial charge in [-0.25, -0.2) is 4.39 Å². The van der Waals surface area contributed by atoms with E-state index < -0.39 is 0 Å². The van der Waals surface area contributed by atoms with Crippen LogP contribution >= 0.6 is 23.5 Å². The second kappa shape index (κ2) is 5.66. The minimum Gasteiger partial charge on any atom is -0.308 e. The van der Waals surface area contributed by atoms with E-state index in [0.29, 0.717) is 10.8 Å². The molecule has 2 unspecified atom stereocenters. The minimum absolute atomic E-state index is 0.0598. The lowest BCUT2D eigenvalue weighted by atomic mass is 10.0. The van der Waals surface area contributed by atoms with Gasteiger partial charge in [-0.15, -0.1) is 11.8 Å². The van der Waals surface area contributed by atoms with E-state index >= 15 is 0 Å². The summed E-state index contributed by atoms with van der Waals surface area (Å²) in [6.07, 6.45) is 3.72. The van der Waals surface area contributed by atoms with Crippen molar-refractivity contribution in [3.05, 3.63) is 29.6 Å². The Balaban J connectivity index is 1.71. The van der Waals surface area contributed by atoms with Gasteiger partial charge < -0.3 is 5.32 Å². The maximum Gasteiger partial charge on any atom is 0.137 e. The molecule has 1 nitrogen and oxygen atoms in total. The summed E-state index contributed by atoms with van der Waals surface area (Å²) < 4.78 is 14.2. The molecule has 1 aromatic rings. The van der Waals surface area contributed by atoms with Crippen LogP contribution in [0.2, 0.25) is 0 Å². The fourth-order valence-electron chi connectivity index (χ4n) is 2.91. The lowest BCUT2D eigenvalue weighted by Crippen LogP contribution is -2.36. The molecule has 0 aliphatic carbocycles. The molecule has 19 heavy (non-hydrogen) atoms. The van der Waals surface area contributed by atoms with Crippen LogP contribution in [0.5, 0.6) is 0 Å². The molecule has 104 valence electrons. The molecular formula is C15H20FNS2. The van der Waals surface area contributed by atoms with Crippen LogP contribution in [0.15, 0.2) is 23.1 Å². The van der Waals surface area contributed by atoms with Crippen molar-refractivity contribution in [3.63, 3.8) is 0 Å². The molecule has 1 N–H and O–H groups in total. The molecule has 0 spiro atoms. The number of fused-ring (bicyclic) bond motifs is 1. The Labute approximate surface area is 123 Å². The predicted molar refractivity (Wildman–Crippen MR) is 82.6 cm³/mol. The Kier molecular flexibility index (Phi) is 4.11. The highest BCUT2D eigenvalue weighted by atomic mass is 32.2. The van der Waals surface area contributed by atoms with Crippen molar-refractivity contribution in [3.8, 4) is 0 Å². The van der Waals surface area contributed by atoms with Crippen LogP contribution in [-0.2, 0) is 0 Å². The lowest BCUT2D eigenvalue weighted by Gasteiger charge is -2.30. The quantitative estimate of drug-likeness (QED) is 0.896. The molecule has 4 heteroatoms. The van der Waals surface area contributed by atoms with Crippen LogP contribution in [0.4, 0.5) is 4.39 Å².